The van der Waals surface area contributed by atoms with E-state index in [2.05, 4.69) is 19.2 Å². The summed E-state index contributed by atoms with van der Waals surface area (Å²) in [6, 6.07) is 0.0185. The summed E-state index contributed by atoms with van der Waals surface area (Å²) in [4.78, 5) is 12.1. The molecule has 0 aromatic carbocycles. The third-order valence-electron chi connectivity index (χ3n) is 2.66. The van der Waals surface area contributed by atoms with Crippen molar-refractivity contribution in [2.24, 2.45) is 11.3 Å². The minimum absolute atomic E-state index is 0.0185. The number of Topliss-reactive ketones (excluding diaryl/α,β-unsaturated/α-hetero) is 1. The largest absolute Gasteiger partial charge is 0.308 e. The fourth-order valence-electron chi connectivity index (χ4n) is 1.47. The Balaban J connectivity index is 4.57. The molecule has 14 heavy (non-hydrogen) atoms. The lowest BCUT2D eigenvalue weighted by Gasteiger charge is -2.29. The summed E-state index contributed by atoms with van der Waals surface area (Å²) in [6.07, 6.45) is 1.04. The maximum Gasteiger partial charge on any atom is 0.155 e. The fraction of sp³-hybridized carbons (Fsp3) is 0.917. The molecule has 0 amide bonds. The molecular formula is C12H25NO. The average molecular weight is 199 g/mol. The van der Waals surface area contributed by atoms with E-state index >= 15 is 0 Å². The maximum absolute atomic E-state index is 12.1. The molecule has 1 N–H and O–H groups in total. The number of hydrogen-bond donors (Lipinski definition) is 1. The predicted octanol–water partition coefficient (Wildman–Crippen LogP) is 2.63. The van der Waals surface area contributed by atoms with E-state index in [0.717, 1.165) is 13.0 Å². The van der Waals surface area contributed by atoms with Crippen LogP contribution in [-0.4, -0.2) is 18.4 Å². The first-order valence-electron chi connectivity index (χ1n) is 5.62. The standard InChI is InChI=1S/C12H25NO/c1-7-9(3)10(13-8-2)11(14)12(4,5)6/h9-10,13H,7-8H2,1-6H3/t9?,10-/m0/s1. The topological polar surface area (TPSA) is 29.1 Å². The predicted molar refractivity (Wildman–Crippen MR) is 61.4 cm³/mol. The van der Waals surface area contributed by atoms with E-state index in [1.807, 2.05) is 27.7 Å². The quantitative estimate of drug-likeness (QED) is 0.737. The van der Waals surface area contributed by atoms with Gasteiger partial charge in [0.25, 0.3) is 0 Å². The molecule has 0 spiro atoms. The lowest BCUT2D eigenvalue weighted by molar-refractivity contribution is -0.129. The summed E-state index contributed by atoms with van der Waals surface area (Å²) in [5, 5.41) is 3.29. The van der Waals surface area contributed by atoms with Gasteiger partial charge in [-0.15, -0.1) is 0 Å². The molecule has 0 saturated heterocycles. The van der Waals surface area contributed by atoms with Crippen molar-refractivity contribution < 1.29 is 4.79 Å². The van der Waals surface area contributed by atoms with Crippen LogP contribution in [0.2, 0.25) is 0 Å². The Morgan fingerprint density at radius 2 is 1.79 bits per heavy atom. The molecule has 0 aliphatic heterocycles. The third kappa shape index (κ3) is 3.79. The van der Waals surface area contributed by atoms with Crippen molar-refractivity contribution in [3.8, 4) is 0 Å². The van der Waals surface area contributed by atoms with E-state index in [4.69, 9.17) is 0 Å². The zero-order valence-corrected chi connectivity index (χ0v) is 10.5. The van der Waals surface area contributed by atoms with E-state index in [1.54, 1.807) is 0 Å². The summed E-state index contributed by atoms with van der Waals surface area (Å²) >= 11 is 0. The van der Waals surface area contributed by atoms with Crippen molar-refractivity contribution in [1.82, 2.24) is 5.32 Å². The Morgan fingerprint density at radius 1 is 1.29 bits per heavy atom. The van der Waals surface area contributed by atoms with Crippen LogP contribution in [0.5, 0.6) is 0 Å². The fourth-order valence-corrected chi connectivity index (χ4v) is 1.47. The van der Waals surface area contributed by atoms with Crippen LogP contribution in [-0.2, 0) is 4.79 Å². The molecule has 0 aliphatic rings. The summed E-state index contributed by atoms with van der Waals surface area (Å²) in [5.41, 5.74) is -0.240. The second-order valence-electron chi connectivity index (χ2n) is 5.04. The Kier molecular flexibility index (Phi) is 5.35. The van der Waals surface area contributed by atoms with E-state index in [-0.39, 0.29) is 11.5 Å². The van der Waals surface area contributed by atoms with Crippen LogP contribution < -0.4 is 5.32 Å². The molecule has 0 saturated carbocycles. The Labute approximate surface area is 88.5 Å². The maximum atomic E-state index is 12.1. The molecule has 2 nitrogen and oxygen atoms in total. The van der Waals surface area contributed by atoms with Gasteiger partial charge in [0.1, 0.15) is 0 Å². The van der Waals surface area contributed by atoms with Crippen molar-refractivity contribution in [3.05, 3.63) is 0 Å². The van der Waals surface area contributed by atoms with Gasteiger partial charge in [-0.3, -0.25) is 4.79 Å². The van der Waals surface area contributed by atoms with Crippen LogP contribution in [0.3, 0.4) is 0 Å². The Hall–Kier alpha value is -0.370. The average Bonchev–Trinajstić information content (AvgIpc) is 2.10. The zero-order valence-electron chi connectivity index (χ0n) is 10.5. The number of carbonyl (C=O) groups is 1. The number of rotatable bonds is 5. The molecule has 0 heterocycles. The van der Waals surface area contributed by atoms with Gasteiger partial charge in [0, 0.05) is 5.41 Å². The van der Waals surface area contributed by atoms with E-state index in [9.17, 15) is 4.79 Å². The van der Waals surface area contributed by atoms with Crippen LogP contribution in [0.15, 0.2) is 0 Å². The van der Waals surface area contributed by atoms with Crippen LogP contribution in [0.1, 0.15) is 48.0 Å². The molecule has 0 aliphatic carbocycles. The number of hydrogen-bond acceptors (Lipinski definition) is 2. The number of nitrogens with one attached hydrogen (secondary N) is 1. The molecule has 1 unspecified atom stereocenters. The molecule has 2 atom stereocenters. The van der Waals surface area contributed by atoms with E-state index < -0.39 is 0 Å². The van der Waals surface area contributed by atoms with Gasteiger partial charge in [0.2, 0.25) is 0 Å². The van der Waals surface area contributed by atoms with Gasteiger partial charge >= 0.3 is 0 Å². The minimum Gasteiger partial charge on any atom is -0.308 e. The van der Waals surface area contributed by atoms with E-state index in [1.165, 1.54) is 0 Å². The molecule has 0 bridgehead atoms. The van der Waals surface area contributed by atoms with Crippen molar-refractivity contribution >= 4 is 5.78 Å². The third-order valence-corrected chi connectivity index (χ3v) is 2.66. The highest BCUT2D eigenvalue weighted by atomic mass is 16.1. The zero-order chi connectivity index (χ0) is 11.4. The van der Waals surface area contributed by atoms with Gasteiger partial charge in [-0.25, -0.2) is 0 Å². The molecular weight excluding hydrogens is 174 g/mol. The van der Waals surface area contributed by atoms with Crippen LogP contribution in [0.4, 0.5) is 0 Å². The SMILES string of the molecule is CCN[C@H](C(=O)C(C)(C)C)C(C)CC. The Bertz CT molecular complexity index is 181. The number of carbonyl (C=O) groups excluding carboxylic acids is 1. The second-order valence-corrected chi connectivity index (χ2v) is 5.04. The van der Waals surface area contributed by atoms with Gasteiger partial charge in [0.05, 0.1) is 6.04 Å². The highest BCUT2D eigenvalue weighted by Gasteiger charge is 2.31. The van der Waals surface area contributed by atoms with Gasteiger partial charge in [-0.1, -0.05) is 48.0 Å². The molecule has 0 rings (SSSR count). The summed E-state index contributed by atoms with van der Waals surface area (Å²) in [6.45, 7) is 13.1. The normalized spacial score (nSPS) is 16.4. The summed E-state index contributed by atoms with van der Waals surface area (Å²) in [5.74, 6) is 0.746. The molecule has 84 valence electrons. The number of likely N-dealkylation sites (N-methyl/N-ethyl adjacent to an activating group) is 1. The van der Waals surface area contributed by atoms with Crippen molar-refractivity contribution in [3.63, 3.8) is 0 Å². The van der Waals surface area contributed by atoms with E-state index in [0.29, 0.717) is 11.7 Å². The first-order chi connectivity index (χ1) is 6.34. The molecule has 2 heteroatoms. The summed E-state index contributed by atoms with van der Waals surface area (Å²) < 4.78 is 0. The molecule has 0 radical (unpaired) electrons. The van der Waals surface area contributed by atoms with Gasteiger partial charge < -0.3 is 5.32 Å². The highest BCUT2D eigenvalue weighted by molar-refractivity contribution is 5.88. The number of ketones is 1. The smallest absolute Gasteiger partial charge is 0.155 e. The highest BCUT2D eigenvalue weighted by Crippen LogP contribution is 2.21. The van der Waals surface area contributed by atoms with Crippen molar-refractivity contribution in [2.75, 3.05) is 6.54 Å². The molecule has 0 aromatic rings. The van der Waals surface area contributed by atoms with Gasteiger partial charge in [-0.2, -0.15) is 0 Å². The minimum atomic E-state index is -0.240. The molecule has 0 fully saturated rings. The van der Waals surface area contributed by atoms with Crippen molar-refractivity contribution in [1.29, 1.82) is 0 Å². The summed E-state index contributed by atoms with van der Waals surface area (Å²) in [7, 11) is 0. The first-order valence-corrected chi connectivity index (χ1v) is 5.62. The lowest BCUT2D eigenvalue weighted by Crippen LogP contribution is -2.46. The van der Waals surface area contributed by atoms with Crippen molar-refractivity contribution in [2.45, 2.75) is 54.0 Å². The van der Waals surface area contributed by atoms with Crippen LogP contribution in [0.25, 0.3) is 0 Å². The monoisotopic (exact) mass is 199 g/mol. The first kappa shape index (κ1) is 13.6. The van der Waals surface area contributed by atoms with Gasteiger partial charge in [0.15, 0.2) is 5.78 Å². The lowest BCUT2D eigenvalue weighted by atomic mass is 9.81. The van der Waals surface area contributed by atoms with Gasteiger partial charge in [-0.05, 0) is 12.5 Å². The second kappa shape index (κ2) is 5.50. The van der Waals surface area contributed by atoms with Crippen LogP contribution in [0, 0.1) is 11.3 Å². The Morgan fingerprint density at radius 3 is 2.07 bits per heavy atom. The molecule has 0 aromatic heterocycles. The van der Waals surface area contributed by atoms with Crippen LogP contribution >= 0.6 is 0 Å².